The summed E-state index contributed by atoms with van der Waals surface area (Å²) in [5.41, 5.74) is 7.64. The normalized spacial score (nSPS) is 10.9. The molecule has 96 valence electrons. The zero-order valence-electron chi connectivity index (χ0n) is 9.78. The predicted molar refractivity (Wildman–Crippen MR) is 64.4 cm³/mol. The molecular formula is C12H13F2N3O. The number of para-hydroxylation sites is 1. The van der Waals surface area contributed by atoms with Crippen molar-refractivity contribution in [3.8, 4) is 17.0 Å². The van der Waals surface area contributed by atoms with Crippen molar-refractivity contribution in [3.63, 3.8) is 0 Å². The lowest BCUT2D eigenvalue weighted by atomic mass is 10.0. The standard InChI is InChI=1S/C12H13F2N3O/c1-2-7-10(16-17-11(7)15)8-5-3-4-6-9(8)18-12(13)14/h3-6,12H,2H2,1H3,(H3,15,16,17). The molecule has 0 unspecified atom stereocenters. The Morgan fingerprint density at radius 2 is 2.11 bits per heavy atom. The van der Waals surface area contributed by atoms with E-state index >= 15 is 0 Å². The third-order valence-corrected chi connectivity index (χ3v) is 2.63. The number of rotatable bonds is 4. The van der Waals surface area contributed by atoms with Gasteiger partial charge in [0.2, 0.25) is 0 Å². The summed E-state index contributed by atoms with van der Waals surface area (Å²) in [6.07, 6.45) is 0.653. The Kier molecular flexibility index (Phi) is 3.45. The minimum atomic E-state index is -2.86. The monoisotopic (exact) mass is 253 g/mol. The molecule has 0 radical (unpaired) electrons. The van der Waals surface area contributed by atoms with Gasteiger partial charge in [-0.25, -0.2) is 0 Å². The van der Waals surface area contributed by atoms with Crippen LogP contribution in [0.4, 0.5) is 14.6 Å². The molecule has 0 fully saturated rings. The Balaban J connectivity index is 2.49. The number of nitrogens with zero attached hydrogens (tertiary/aromatic N) is 1. The Morgan fingerprint density at radius 3 is 2.78 bits per heavy atom. The summed E-state index contributed by atoms with van der Waals surface area (Å²) in [5.74, 6) is 0.477. The molecular weight excluding hydrogens is 240 g/mol. The van der Waals surface area contributed by atoms with Crippen molar-refractivity contribution < 1.29 is 13.5 Å². The van der Waals surface area contributed by atoms with Crippen LogP contribution in [0.2, 0.25) is 0 Å². The molecule has 0 aliphatic heterocycles. The van der Waals surface area contributed by atoms with Gasteiger partial charge in [-0.05, 0) is 18.6 Å². The Morgan fingerprint density at radius 1 is 1.39 bits per heavy atom. The second kappa shape index (κ2) is 5.03. The van der Waals surface area contributed by atoms with Gasteiger partial charge in [-0.1, -0.05) is 19.1 Å². The SMILES string of the molecule is CCc1c(N)n[nH]c1-c1ccccc1OC(F)F. The number of H-pyrrole nitrogens is 1. The molecule has 0 aliphatic carbocycles. The molecule has 6 heteroatoms. The van der Waals surface area contributed by atoms with E-state index < -0.39 is 6.61 Å². The van der Waals surface area contributed by atoms with Gasteiger partial charge in [-0.3, -0.25) is 5.10 Å². The predicted octanol–water partition coefficient (Wildman–Crippen LogP) is 2.82. The van der Waals surface area contributed by atoms with Crippen LogP contribution >= 0.6 is 0 Å². The summed E-state index contributed by atoms with van der Waals surface area (Å²) in [6, 6.07) is 6.54. The molecule has 0 amide bonds. The van der Waals surface area contributed by atoms with E-state index in [-0.39, 0.29) is 5.75 Å². The number of ether oxygens (including phenoxy) is 1. The van der Waals surface area contributed by atoms with Gasteiger partial charge in [-0.2, -0.15) is 13.9 Å². The van der Waals surface area contributed by atoms with Gasteiger partial charge in [0, 0.05) is 11.1 Å². The fourth-order valence-electron chi connectivity index (χ4n) is 1.83. The van der Waals surface area contributed by atoms with Crippen LogP contribution in [0.25, 0.3) is 11.3 Å². The van der Waals surface area contributed by atoms with Crippen molar-refractivity contribution in [2.75, 3.05) is 5.73 Å². The molecule has 2 rings (SSSR count). The molecule has 0 saturated heterocycles. The number of hydrogen-bond acceptors (Lipinski definition) is 3. The highest BCUT2D eigenvalue weighted by atomic mass is 19.3. The molecule has 1 aromatic carbocycles. The van der Waals surface area contributed by atoms with Crippen LogP contribution in [0.1, 0.15) is 12.5 Å². The van der Waals surface area contributed by atoms with Crippen LogP contribution in [0.3, 0.4) is 0 Å². The molecule has 1 heterocycles. The summed E-state index contributed by atoms with van der Waals surface area (Å²) < 4.78 is 29.1. The Bertz CT molecular complexity index is 540. The molecule has 0 saturated carbocycles. The molecule has 0 aliphatic rings. The van der Waals surface area contributed by atoms with E-state index in [2.05, 4.69) is 14.9 Å². The van der Waals surface area contributed by atoms with Gasteiger partial charge in [-0.15, -0.1) is 0 Å². The molecule has 0 bridgehead atoms. The summed E-state index contributed by atoms with van der Waals surface area (Å²) in [7, 11) is 0. The van der Waals surface area contributed by atoms with E-state index in [0.717, 1.165) is 5.56 Å². The van der Waals surface area contributed by atoms with Gasteiger partial charge in [0.05, 0.1) is 5.69 Å². The van der Waals surface area contributed by atoms with Crippen LogP contribution in [-0.2, 0) is 6.42 Å². The van der Waals surface area contributed by atoms with E-state index in [4.69, 9.17) is 5.73 Å². The molecule has 4 nitrogen and oxygen atoms in total. The third-order valence-electron chi connectivity index (χ3n) is 2.63. The number of alkyl halides is 2. The fourth-order valence-corrected chi connectivity index (χ4v) is 1.83. The summed E-state index contributed by atoms with van der Waals surface area (Å²) >= 11 is 0. The van der Waals surface area contributed by atoms with Gasteiger partial charge >= 0.3 is 6.61 Å². The maximum atomic E-state index is 12.3. The van der Waals surface area contributed by atoms with Crippen molar-refractivity contribution in [3.05, 3.63) is 29.8 Å². The highest BCUT2D eigenvalue weighted by molar-refractivity contribution is 5.73. The first kappa shape index (κ1) is 12.3. The molecule has 0 spiro atoms. The zero-order valence-corrected chi connectivity index (χ0v) is 9.78. The fraction of sp³-hybridized carbons (Fsp3) is 0.250. The molecule has 2 aromatic rings. The van der Waals surface area contributed by atoms with Gasteiger partial charge < -0.3 is 10.5 Å². The minimum absolute atomic E-state index is 0.103. The van der Waals surface area contributed by atoms with Crippen molar-refractivity contribution in [2.24, 2.45) is 0 Å². The third kappa shape index (κ3) is 2.27. The van der Waals surface area contributed by atoms with Crippen molar-refractivity contribution in [1.29, 1.82) is 0 Å². The van der Waals surface area contributed by atoms with Crippen LogP contribution in [-0.4, -0.2) is 16.8 Å². The van der Waals surface area contributed by atoms with E-state index in [1.165, 1.54) is 6.07 Å². The second-order valence-electron chi connectivity index (χ2n) is 3.69. The number of aromatic amines is 1. The summed E-state index contributed by atoms with van der Waals surface area (Å²) in [6.45, 7) is -0.946. The van der Waals surface area contributed by atoms with Crippen LogP contribution in [0, 0.1) is 0 Å². The maximum Gasteiger partial charge on any atom is 0.387 e. The quantitative estimate of drug-likeness (QED) is 0.880. The Labute approximate surface area is 103 Å². The molecule has 18 heavy (non-hydrogen) atoms. The highest BCUT2D eigenvalue weighted by Gasteiger charge is 2.16. The summed E-state index contributed by atoms with van der Waals surface area (Å²) in [4.78, 5) is 0. The van der Waals surface area contributed by atoms with Crippen LogP contribution in [0.5, 0.6) is 5.75 Å². The number of nitrogens with two attached hydrogens (primary N) is 1. The van der Waals surface area contributed by atoms with Gasteiger partial charge in [0.15, 0.2) is 0 Å². The van der Waals surface area contributed by atoms with Crippen molar-refractivity contribution >= 4 is 5.82 Å². The molecule has 0 atom stereocenters. The first-order valence-electron chi connectivity index (χ1n) is 5.50. The van der Waals surface area contributed by atoms with Crippen molar-refractivity contribution in [2.45, 2.75) is 20.0 Å². The number of hydrogen-bond donors (Lipinski definition) is 2. The number of nitrogen functional groups attached to an aromatic ring is 1. The lowest BCUT2D eigenvalue weighted by molar-refractivity contribution is -0.0494. The number of aromatic nitrogens is 2. The first-order chi connectivity index (χ1) is 8.63. The number of anilines is 1. The minimum Gasteiger partial charge on any atom is -0.434 e. The molecule has 3 N–H and O–H groups in total. The molecule has 1 aromatic heterocycles. The smallest absolute Gasteiger partial charge is 0.387 e. The first-order valence-corrected chi connectivity index (χ1v) is 5.50. The number of benzene rings is 1. The average Bonchev–Trinajstić information content (AvgIpc) is 2.70. The van der Waals surface area contributed by atoms with E-state index in [9.17, 15) is 8.78 Å². The summed E-state index contributed by atoms with van der Waals surface area (Å²) in [5, 5.41) is 6.65. The van der Waals surface area contributed by atoms with E-state index in [1.54, 1.807) is 18.2 Å². The highest BCUT2D eigenvalue weighted by Crippen LogP contribution is 2.33. The maximum absolute atomic E-state index is 12.3. The zero-order chi connectivity index (χ0) is 13.1. The second-order valence-corrected chi connectivity index (χ2v) is 3.69. The topological polar surface area (TPSA) is 63.9 Å². The van der Waals surface area contributed by atoms with Crippen molar-refractivity contribution in [1.82, 2.24) is 10.2 Å². The lowest BCUT2D eigenvalue weighted by Crippen LogP contribution is -2.03. The number of nitrogens with one attached hydrogen (secondary N) is 1. The van der Waals surface area contributed by atoms with Gasteiger partial charge in [0.1, 0.15) is 11.6 Å². The van der Waals surface area contributed by atoms with Crippen LogP contribution < -0.4 is 10.5 Å². The lowest BCUT2D eigenvalue weighted by Gasteiger charge is -2.10. The largest absolute Gasteiger partial charge is 0.434 e. The Hall–Kier alpha value is -2.11. The number of halogens is 2. The van der Waals surface area contributed by atoms with E-state index in [1.807, 2.05) is 6.92 Å². The van der Waals surface area contributed by atoms with Gasteiger partial charge in [0.25, 0.3) is 0 Å². The van der Waals surface area contributed by atoms with Crippen LogP contribution in [0.15, 0.2) is 24.3 Å². The van der Waals surface area contributed by atoms with E-state index in [0.29, 0.717) is 23.5 Å². The average molecular weight is 253 g/mol.